The van der Waals surface area contributed by atoms with Gasteiger partial charge in [-0.15, -0.1) is 0 Å². The fraction of sp³-hybridized carbons (Fsp3) is 0.357. The predicted octanol–water partition coefficient (Wildman–Crippen LogP) is 2.19. The van der Waals surface area contributed by atoms with Crippen LogP contribution in [0.5, 0.6) is 0 Å². The van der Waals surface area contributed by atoms with Crippen LogP contribution in [0.15, 0.2) is 42.1 Å². The summed E-state index contributed by atoms with van der Waals surface area (Å²) in [6, 6.07) is 9.54. The van der Waals surface area contributed by atoms with Crippen molar-refractivity contribution in [3.05, 3.63) is 47.7 Å². The van der Waals surface area contributed by atoms with Crippen LogP contribution in [0.3, 0.4) is 0 Å². The molecule has 0 heterocycles. The molecule has 0 saturated carbocycles. The molecule has 3 nitrogen and oxygen atoms in total. The third kappa shape index (κ3) is 4.83. The molecule has 0 fully saturated rings. The summed E-state index contributed by atoms with van der Waals surface area (Å²) in [6.45, 7) is 1.52. The summed E-state index contributed by atoms with van der Waals surface area (Å²) in [4.78, 5) is 10.9. The van der Waals surface area contributed by atoms with Gasteiger partial charge in [-0.05, 0) is 31.4 Å². The van der Waals surface area contributed by atoms with Gasteiger partial charge in [0.15, 0.2) is 5.78 Å². The lowest BCUT2D eigenvalue weighted by atomic mass is 10.0. The fourth-order valence-electron chi connectivity index (χ4n) is 1.65. The van der Waals surface area contributed by atoms with Crippen LogP contribution in [0.4, 0.5) is 0 Å². The van der Waals surface area contributed by atoms with Crippen molar-refractivity contribution in [2.75, 3.05) is 7.05 Å². The lowest BCUT2D eigenvalue weighted by Gasteiger charge is -2.12. The zero-order valence-corrected chi connectivity index (χ0v) is 10.3. The van der Waals surface area contributed by atoms with E-state index >= 15 is 0 Å². The minimum absolute atomic E-state index is 0.0172. The summed E-state index contributed by atoms with van der Waals surface area (Å²) in [5, 5.41) is 12.9. The molecule has 0 spiro atoms. The van der Waals surface area contributed by atoms with Crippen molar-refractivity contribution in [1.82, 2.24) is 5.32 Å². The highest BCUT2D eigenvalue weighted by Crippen LogP contribution is 2.19. The van der Waals surface area contributed by atoms with Gasteiger partial charge in [0.25, 0.3) is 0 Å². The van der Waals surface area contributed by atoms with Crippen LogP contribution < -0.4 is 5.32 Å². The van der Waals surface area contributed by atoms with E-state index in [0.717, 1.165) is 11.3 Å². The first-order chi connectivity index (χ1) is 8.13. The molecule has 0 radical (unpaired) electrons. The molecular weight excluding hydrogens is 214 g/mol. The number of aliphatic hydroxyl groups excluding tert-OH is 1. The molecule has 0 aliphatic rings. The lowest BCUT2D eigenvalue weighted by Crippen LogP contribution is -2.09. The Kier molecular flexibility index (Phi) is 5.43. The number of benzene rings is 1. The van der Waals surface area contributed by atoms with Crippen molar-refractivity contribution >= 4 is 5.78 Å². The summed E-state index contributed by atoms with van der Waals surface area (Å²) in [5.74, 6) is 0.0172. The van der Waals surface area contributed by atoms with Crippen molar-refractivity contribution in [3.63, 3.8) is 0 Å². The second kappa shape index (κ2) is 6.86. The van der Waals surface area contributed by atoms with Crippen LogP contribution in [-0.2, 0) is 4.79 Å². The van der Waals surface area contributed by atoms with E-state index in [1.807, 2.05) is 30.3 Å². The predicted molar refractivity (Wildman–Crippen MR) is 68.5 cm³/mol. The molecular formula is C14H19NO2. The zero-order valence-electron chi connectivity index (χ0n) is 10.3. The van der Waals surface area contributed by atoms with Crippen LogP contribution in [-0.4, -0.2) is 17.9 Å². The fourth-order valence-corrected chi connectivity index (χ4v) is 1.65. The van der Waals surface area contributed by atoms with Gasteiger partial charge >= 0.3 is 0 Å². The number of nitrogens with one attached hydrogen (secondary N) is 1. The number of rotatable bonds is 6. The number of carbonyl (C=O) groups excluding carboxylic acids is 1. The van der Waals surface area contributed by atoms with Crippen LogP contribution in [0.25, 0.3) is 0 Å². The van der Waals surface area contributed by atoms with Crippen LogP contribution >= 0.6 is 0 Å². The zero-order chi connectivity index (χ0) is 12.7. The van der Waals surface area contributed by atoms with Gasteiger partial charge in [0.1, 0.15) is 0 Å². The Morgan fingerprint density at radius 3 is 2.59 bits per heavy atom. The maximum absolute atomic E-state index is 10.9. The SMILES string of the molecule is CN/C(=C\C(C)=O)CCC(O)c1ccccc1. The van der Waals surface area contributed by atoms with Crippen molar-refractivity contribution in [3.8, 4) is 0 Å². The molecule has 1 aromatic rings. The number of aliphatic hydroxyl groups is 1. The van der Waals surface area contributed by atoms with E-state index in [9.17, 15) is 9.90 Å². The van der Waals surface area contributed by atoms with Crippen LogP contribution in [0.1, 0.15) is 31.4 Å². The summed E-state index contributed by atoms with van der Waals surface area (Å²) >= 11 is 0. The highest BCUT2D eigenvalue weighted by Gasteiger charge is 2.07. The molecule has 0 bridgehead atoms. The quantitative estimate of drug-likeness (QED) is 0.740. The minimum atomic E-state index is -0.486. The van der Waals surface area contributed by atoms with Gasteiger partial charge in [-0.25, -0.2) is 0 Å². The Morgan fingerprint density at radius 2 is 2.06 bits per heavy atom. The van der Waals surface area contributed by atoms with E-state index in [0.29, 0.717) is 12.8 Å². The van der Waals surface area contributed by atoms with E-state index in [1.165, 1.54) is 6.92 Å². The second-order valence-corrected chi connectivity index (χ2v) is 4.00. The summed E-state index contributed by atoms with van der Waals surface area (Å²) < 4.78 is 0. The highest BCUT2D eigenvalue weighted by atomic mass is 16.3. The Hall–Kier alpha value is -1.61. The summed E-state index contributed by atoms with van der Waals surface area (Å²) in [5.41, 5.74) is 1.76. The molecule has 3 heteroatoms. The Balaban J connectivity index is 2.53. The van der Waals surface area contributed by atoms with Crippen molar-refractivity contribution in [1.29, 1.82) is 0 Å². The van der Waals surface area contributed by atoms with E-state index in [4.69, 9.17) is 0 Å². The van der Waals surface area contributed by atoms with Gasteiger partial charge in [0.2, 0.25) is 0 Å². The van der Waals surface area contributed by atoms with E-state index in [1.54, 1.807) is 13.1 Å². The van der Waals surface area contributed by atoms with Crippen LogP contribution in [0, 0.1) is 0 Å². The van der Waals surface area contributed by atoms with Crippen LogP contribution in [0.2, 0.25) is 0 Å². The van der Waals surface area contributed by atoms with Gasteiger partial charge < -0.3 is 10.4 Å². The molecule has 1 atom stereocenters. The molecule has 0 amide bonds. The van der Waals surface area contributed by atoms with Crippen molar-refractivity contribution in [2.45, 2.75) is 25.9 Å². The number of hydrogen-bond acceptors (Lipinski definition) is 3. The molecule has 1 unspecified atom stereocenters. The molecule has 2 N–H and O–H groups in total. The van der Waals surface area contributed by atoms with E-state index < -0.39 is 6.10 Å². The van der Waals surface area contributed by atoms with Gasteiger partial charge in [-0.1, -0.05) is 30.3 Å². The number of hydrogen-bond donors (Lipinski definition) is 2. The number of allylic oxidation sites excluding steroid dienone is 2. The monoisotopic (exact) mass is 233 g/mol. The molecule has 92 valence electrons. The topological polar surface area (TPSA) is 49.3 Å². The summed E-state index contributed by atoms with van der Waals surface area (Å²) in [6.07, 6.45) is 2.34. The van der Waals surface area contributed by atoms with Gasteiger partial charge in [0.05, 0.1) is 6.10 Å². The third-order valence-corrected chi connectivity index (χ3v) is 2.57. The van der Waals surface area contributed by atoms with E-state index in [2.05, 4.69) is 5.32 Å². The lowest BCUT2D eigenvalue weighted by molar-refractivity contribution is -0.112. The molecule has 0 aromatic heterocycles. The largest absolute Gasteiger partial charge is 0.391 e. The molecule has 0 saturated heterocycles. The first-order valence-electron chi connectivity index (χ1n) is 5.75. The van der Waals surface area contributed by atoms with Gasteiger partial charge in [-0.2, -0.15) is 0 Å². The van der Waals surface area contributed by atoms with Gasteiger partial charge in [-0.3, -0.25) is 4.79 Å². The Bertz CT molecular complexity index is 384. The second-order valence-electron chi connectivity index (χ2n) is 4.00. The minimum Gasteiger partial charge on any atom is -0.391 e. The molecule has 0 aliphatic heterocycles. The normalized spacial score (nSPS) is 13.2. The van der Waals surface area contributed by atoms with Crippen molar-refractivity contribution < 1.29 is 9.90 Å². The Morgan fingerprint density at radius 1 is 1.41 bits per heavy atom. The highest BCUT2D eigenvalue weighted by molar-refractivity contribution is 5.87. The number of ketones is 1. The molecule has 1 rings (SSSR count). The average molecular weight is 233 g/mol. The third-order valence-electron chi connectivity index (χ3n) is 2.57. The molecule has 0 aliphatic carbocycles. The summed E-state index contributed by atoms with van der Waals surface area (Å²) in [7, 11) is 1.78. The first kappa shape index (κ1) is 13.5. The van der Waals surface area contributed by atoms with Gasteiger partial charge in [0, 0.05) is 12.7 Å². The average Bonchev–Trinajstić information content (AvgIpc) is 2.34. The maximum Gasteiger partial charge on any atom is 0.154 e. The van der Waals surface area contributed by atoms with Crippen molar-refractivity contribution in [2.24, 2.45) is 0 Å². The van der Waals surface area contributed by atoms with E-state index in [-0.39, 0.29) is 5.78 Å². The molecule has 1 aromatic carbocycles. The number of carbonyl (C=O) groups is 1. The Labute approximate surface area is 102 Å². The smallest absolute Gasteiger partial charge is 0.154 e. The maximum atomic E-state index is 10.9. The molecule has 17 heavy (non-hydrogen) atoms. The first-order valence-corrected chi connectivity index (χ1v) is 5.75. The standard InChI is InChI=1S/C14H19NO2/c1-11(16)10-13(15-2)8-9-14(17)12-6-4-3-5-7-12/h3-7,10,14-15,17H,8-9H2,1-2H3/b13-10-.